The summed E-state index contributed by atoms with van der Waals surface area (Å²) in [5.74, 6) is 3.80. The molecule has 1 N–H and O–H groups in total. The minimum Gasteiger partial charge on any atom is -0.320 e. The van der Waals surface area contributed by atoms with Gasteiger partial charge in [-0.3, -0.25) is 9.59 Å². The summed E-state index contributed by atoms with van der Waals surface area (Å²) in [5, 5.41) is 2.97. The number of aryl methyl sites for hydroxylation is 1. The lowest BCUT2D eigenvalue weighted by Crippen LogP contribution is -2.26. The van der Waals surface area contributed by atoms with Crippen LogP contribution in [0.2, 0.25) is 4.34 Å². The van der Waals surface area contributed by atoms with E-state index < -0.39 is 30.3 Å². The van der Waals surface area contributed by atoms with Gasteiger partial charge in [-0.2, -0.15) is 0 Å². The van der Waals surface area contributed by atoms with E-state index in [0.717, 1.165) is 28.5 Å². The topological polar surface area (TPSA) is 64.0 Å². The quantitative estimate of drug-likeness (QED) is 0.591. The second-order valence-corrected chi connectivity index (χ2v) is 8.59. The molecule has 3 heterocycles. The van der Waals surface area contributed by atoms with Crippen LogP contribution in [-0.4, -0.2) is 21.9 Å². The Kier molecular flexibility index (Phi) is 6.42. The molecule has 0 fully saturated rings. The fourth-order valence-electron chi connectivity index (χ4n) is 2.24. The number of aromatic nitrogens is 2. The summed E-state index contributed by atoms with van der Waals surface area (Å²) >= 11 is 8.49. The number of alkyl halides is 2. The van der Waals surface area contributed by atoms with Crippen molar-refractivity contribution >= 4 is 45.9 Å². The predicted octanol–water partition coefficient (Wildman–Crippen LogP) is 4.38. The largest absolute Gasteiger partial charge is 0.320 e. The van der Waals surface area contributed by atoms with Crippen molar-refractivity contribution in [1.82, 2.24) is 9.55 Å². The molecule has 0 aromatic carbocycles. The second kappa shape index (κ2) is 8.82. The summed E-state index contributed by atoms with van der Waals surface area (Å²) in [5.41, 5.74) is -0.913. The maximum absolute atomic E-state index is 13.7. The van der Waals surface area contributed by atoms with Crippen LogP contribution in [0.25, 0.3) is 0 Å². The Morgan fingerprint density at radius 2 is 2.10 bits per heavy atom. The van der Waals surface area contributed by atoms with Crippen LogP contribution >= 0.6 is 34.3 Å². The van der Waals surface area contributed by atoms with Gasteiger partial charge in [0.25, 0.3) is 17.9 Å². The third-order valence-electron chi connectivity index (χ3n) is 3.47. The summed E-state index contributed by atoms with van der Waals surface area (Å²) in [6, 6.07) is 2.23. The molecule has 150 valence electrons. The highest BCUT2D eigenvalue weighted by Gasteiger charge is 2.16. The number of pyridine rings is 1. The van der Waals surface area contributed by atoms with Gasteiger partial charge < -0.3 is 9.88 Å². The van der Waals surface area contributed by atoms with Gasteiger partial charge in [0, 0.05) is 23.3 Å². The molecule has 0 saturated carbocycles. The molecule has 29 heavy (non-hydrogen) atoms. The zero-order chi connectivity index (χ0) is 21.1. The van der Waals surface area contributed by atoms with Gasteiger partial charge in [-0.15, -0.1) is 22.7 Å². The van der Waals surface area contributed by atoms with Crippen molar-refractivity contribution in [2.75, 3.05) is 5.32 Å². The number of carbonyl (C=O) groups excluding carboxylic acids is 1. The van der Waals surface area contributed by atoms with E-state index in [2.05, 4.69) is 22.1 Å². The SMILES string of the molecule is Cc1cnc(C#Cc2cc(C(=O)Nc3cc(F)c(=O)n(CC(F)F)c3)sc2Cl)s1. The molecule has 11 heteroatoms. The molecular formula is C18H11ClF3N3O2S2. The Morgan fingerprint density at radius 1 is 1.34 bits per heavy atom. The average molecular weight is 458 g/mol. The number of halogens is 4. The highest BCUT2D eigenvalue weighted by molar-refractivity contribution is 7.18. The Balaban J connectivity index is 1.81. The van der Waals surface area contributed by atoms with Gasteiger partial charge in [-0.25, -0.2) is 18.2 Å². The van der Waals surface area contributed by atoms with E-state index >= 15 is 0 Å². The predicted molar refractivity (Wildman–Crippen MR) is 107 cm³/mol. The molecule has 0 aliphatic rings. The molecule has 0 aliphatic carbocycles. The number of carbonyl (C=O) groups is 1. The molecule has 0 aliphatic heterocycles. The van der Waals surface area contributed by atoms with E-state index in [9.17, 15) is 22.8 Å². The third-order valence-corrected chi connectivity index (χ3v) is 5.66. The monoisotopic (exact) mass is 457 g/mol. The van der Waals surface area contributed by atoms with Crippen LogP contribution in [0.3, 0.4) is 0 Å². The first kappa shape index (κ1) is 21.1. The van der Waals surface area contributed by atoms with E-state index in [4.69, 9.17) is 11.6 Å². The molecule has 0 spiro atoms. The maximum atomic E-state index is 13.7. The van der Waals surface area contributed by atoms with Crippen LogP contribution in [0.5, 0.6) is 0 Å². The van der Waals surface area contributed by atoms with Crippen LogP contribution in [-0.2, 0) is 6.54 Å². The lowest BCUT2D eigenvalue weighted by Gasteiger charge is -2.09. The van der Waals surface area contributed by atoms with Crippen LogP contribution in [0.1, 0.15) is 25.1 Å². The number of hydrogen-bond donors (Lipinski definition) is 1. The molecule has 0 atom stereocenters. The van der Waals surface area contributed by atoms with Crippen LogP contribution < -0.4 is 10.9 Å². The van der Waals surface area contributed by atoms with E-state index in [1.165, 1.54) is 17.4 Å². The van der Waals surface area contributed by atoms with E-state index in [1.807, 2.05) is 6.92 Å². The standard InChI is InChI=1S/C18H11ClF3N3O2S2/c1-9-6-23-15(28-9)3-2-10-4-13(29-16(10)19)17(26)24-11-5-12(20)18(27)25(7-11)8-14(21)22/h4-7,14H,8H2,1H3,(H,24,26). The fourth-order valence-corrected chi connectivity index (χ4v) is 3.95. The number of amides is 1. The van der Waals surface area contributed by atoms with Crippen molar-refractivity contribution in [3.05, 3.63) is 65.4 Å². The second-order valence-electron chi connectivity index (χ2n) is 5.70. The van der Waals surface area contributed by atoms with Gasteiger partial charge in [0.2, 0.25) is 0 Å². The Hall–Kier alpha value is -2.61. The summed E-state index contributed by atoms with van der Waals surface area (Å²) in [6.07, 6.45) is -0.206. The normalized spacial score (nSPS) is 10.7. The van der Waals surface area contributed by atoms with Gasteiger partial charge in [0.05, 0.1) is 22.7 Å². The van der Waals surface area contributed by atoms with E-state index in [-0.39, 0.29) is 14.9 Å². The Bertz CT molecular complexity index is 1190. The van der Waals surface area contributed by atoms with Crippen LogP contribution in [0.4, 0.5) is 18.9 Å². The number of nitrogens with one attached hydrogen (secondary N) is 1. The number of thiophene rings is 1. The molecule has 0 saturated heterocycles. The molecule has 3 rings (SSSR count). The van der Waals surface area contributed by atoms with Crippen LogP contribution in [0, 0.1) is 24.6 Å². The molecular weight excluding hydrogens is 447 g/mol. The zero-order valence-corrected chi connectivity index (χ0v) is 17.0. The zero-order valence-electron chi connectivity index (χ0n) is 14.6. The van der Waals surface area contributed by atoms with Crippen molar-refractivity contribution in [1.29, 1.82) is 0 Å². The highest BCUT2D eigenvalue weighted by Crippen LogP contribution is 2.28. The minimum atomic E-state index is -2.85. The summed E-state index contributed by atoms with van der Waals surface area (Å²) in [7, 11) is 0. The molecule has 0 radical (unpaired) electrons. The summed E-state index contributed by atoms with van der Waals surface area (Å²) in [6.45, 7) is 0.913. The smallest absolute Gasteiger partial charge is 0.286 e. The number of rotatable bonds is 4. The van der Waals surface area contributed by atoms with Crippen molar-refractivity contribution in [2.24, 2.45) is 0 Å². The lowest BCUT2D eigenvalue weighted by molar-refractivity contribution is 0.103. The molecule has 1 amide bonds. The first-order valence-corrected chi connectivity index (χ1v) is 9.97. The molecule has 0 unspecified atom stereocenters. The van der Waals surface area contributed by atoms with Crippen LogP contribution in [0.15, 0.2) is 29.3 Å². The minimum absolute atomic E-state index is 0.136. The number of anilines is 1. The molecule has 3 aromatic rings. The van der Waals surface area contributed by atoms with E-state index in [0.29, 0.717) is 15.1 Å². The highest BCUT2D eigenvalue weighted by atomic mass is 35.5. The summed E-state index contributed by atoms with van der Waals surface area (Å²) < 4.78 is 39.6. The molecule has 5 nitrogen and oxygen atoms in total. The average Bonchev–Trinajstić information content (AvgIpc) is 3.22. The van der Waals surface area contributed by atoms with Gasteiger partial charge in [-0.1, -0.05) is 17.5 Å². The van der Waals surface area contributed by atoms with Crippen molar-refractivity contribution in [2.45, 2.75) is 19.9 Å². The fraction of sp³-hybridized carbons (Fsp3) is 0.167. The van der Waals surface area contributed by atoms with Gasteiger partial charge in [-0.05, 0) is 18.9 Å². The van der Waals surface area contributed by atoms with Crippen molar-refractivity contribution < 1.29 is 18.0 Å². The van der Waals surface area contributed by atoms with Crippen molar-refractivity contribution in [3.8, 4) is 11.8 Å². The lowest BCUT2D eigenvalue weighted by atomic mass is 10.3. The maximum Gasteiger partial charge on any atom is 0.286 e. The first-order chi connectivity index (χ1) is 13.7. The number of thiazole rings is 1. The third kappa shape index (κ3) is 5.26. The van der Waals surface area contributed by atoms with E-state index in [1.54, 1.807) is 6.20 Å². The summed E-state index contributed by atoms with van der Waals surface area (Å²) in [4.78, 5) is 29.3. The molecule has 3 aromatic heterocycles. The number of hydrogen-bond acceptors (Lipinski definition) is 5. The Labute approximate surface area is 175 Å². The van der Waals surface area contributed by atoms with Gasteiger partial charge in [0.1, 0.15) is 4.34 Å². The van der Waals surface area contributed by atoms with Gasteiger partial charge >= 0.3 is 0 Å². The molecule has 0 bridgehead atoms. The Morgan fingerprint density at radius 3 is 2.76 bits per heavy atom. The number of nitrogens with zero attached hydrogens (tertiary/aromatic N) is 2. The van der Waals surface area contributed by atoms with Crippen molar-refractivity contribution in [3.63, 3.8) is 0 Å². The van der Waals surface area contributed by atoms with Gasteiger partial charge in [0.15, 0.2) is 10.8 Å². The first-order valence-electron chi connectivity index (χ1n) is 7.96.